The quantitative estimate of drug-likeness (QED) is 0.868. The van der Waals surface area contributed by atoms with Crippen molar-refractivity contribution in [1.82, 2.24) is 0 Å². The van der Waals surface area contributed by atoms with Gasteiger partial charge < -0.3 is 5.73 Å². The predicted octanol–water partition coefficient (Wildman–Crippen LogP) is 3.58. The molecule has 0 fully saturated rings. The fourth-order valence-corrected chi connectivity index (χ4v) is 2.59. The van der Waals surface area contributed by atoms with E-state index >= 15 is 0 Å². The molecule has 0 heterocycles. The summed E-state index contributed by atoms with van der Waals surface area (Å²) in [5.74, 6) is 2.12. The van der Waals surface area contributed by atoms with Gasteiger partial charge in [-0.2, -0.15) is 11.8 Å². The van der Waals surface area contributed by atoms with Crippen LogP contribution in [-0.2, 0) is 18.1 Å². The van der Waals surface area contributed by atoms with Gasteiger partial charge in [0.1, 0.15) is 0 Å². The molecule has 2 N–H and O–H groups in total. The highest BCUT2D eigenvalue weighted by molar-refractivity contribution is 7.97. The smallest absolute Gasteiger partial charge is 0.0187 e. The second-order valence-electron chi connectivity index (χ2n) is 4.00. The van der Waals surface area contributed by atoms with Gasteiger partial charge in [0.15, 0.2) is 0 Å². The molecule has 0 atom stereocenters. The zero-order chi connectivity index (χ0) is 11.9. The van der Waals surface area contributed by atoms with Crippen LogP contribution in [-0.4, -0.2) is 0 Å². The van der Waals surface area contributed by atoms with E-state index in [-0.39, 0.29) is 0 Å². The van der Waals surface area contributed by atoms with Gasteiger partial charge in [-0.3, -0.25) is 0 Å². The summed E-state index contributed by atoms with van der Waals surface area (Å²) in [6.07, 6.45) is 0. The van der Waals surface area contributed by atoms with Crippen LogP contribution in [0.4, 0.5) is 0 Å². The summed E-state index contributed by atoms with van der Waals surface area (Å²) >= 11 is 1.94. The molecule has 0 saturated heterocycles. The molecule has 0 radical (unpaired) electrons. The Morgan fingerprint density at radius 3 is 1.82 bits per heavy atom. The van der Waals surface area contributed by atoms with Crippen LogP contribution in [0.15, 0.2) is 54.6 Å². The van der Waals surface area contributed by atoms with Gasteiger partial charge in [-0.15, -0.1) is 0 Å². The monoisotopic (exact) mass is 243 g/mol. The highest BCUT2D eigenvalue weighted by Crippen LogP contribution is 2.17. The summed E-state index contributed by atoms with van der Waals surface area (Å²) in [4.78, 5) is 0. The first-order valence-corrected chi connectivity index (χ1v) is 6.93. The standard InChI is InChI=1S/C15H17NS/c16-10-13-6-8-15(9-7-13)12-17-11-14-4-2-1-3-5-14/h1-9H,10-12,16H2. The number of nitrogens with two attached hydrogens (primary N) is 1. The predicted molar refractivity (Wildman–Crippen MR) is 75.8 cm³/mol. The van der Waals surface area contributed by atoms with Crippen molar-refractivity contribution < 1.29 is 0 Å². The van der Waals surface area contributed by atoms with Gasteiger partial charge in [-0.25, -0.2) is 0 Å². The lowest BCUT2D eigenvalue weighted by Crippen LogP contribution is -1.95. The van der Waals surface area contributed by atoms with Crippen molar-refractivity contribution in [2.75, 3.05) is 0 Å². The summed E-state index contributed by atoms with van der Waals surface area (Å²) < 4.78 is 0. The van der Waals surface area contributed by atoms with Crippen molar-refractivity contribution in [3.05, 3.63) is 71.3 Å². The highest BCUT2D eigenvalue weighted by atomic mass is 32.2. The van der Waals surface area contributed by atoms with Crippen LogP contribution in [0.1, 0.15) is 16.7 Å². The Balaban J connectivity index is 1.82. The average molecular weight is 243 g/mol. The molecule has 0 bridgehead atoms. The van der Waals surface area contributed by atoms with Gasteiger partial charge in [-0.1, -0.05) is 54.6 Å². The molecule has 0 aliphatic heterocycles. The molecule has 2 heteroatoms. The van der Waals surface area contributed by atoms with Crippen molar-refractivity contribution in [2.24, 2.45) is 5.73 Å². The zero-order valence-electron chi connectivity index (χ0n) is 9.80. The fourth-order valence-electron chi connectivity index (χ4n) is 1.63. The Bertz CT molecular complexity index is 436. The second kappa shape index (κ2) is 6.48. The molecule has 2 rings (SSSR count). The van der Waals surface area contributed by atoms with E-state index in [4.69, 9.17) is 5.73 Å². The summed E-state index contributed by atoms with van der Waals surface area (Å²) in [5.41, 5.74) is 9.52. The van der Waals surface area contributed by atoms with Crippen LogP contribution in [0.3, 0.4) is 0 Å². The van der Waals surface area contributed by atoms with Gasteiger partial charge in [0, 0.05) is 18.1 Å². The zero-order valence-corrected chi connectivity index (χ0v) is 10.6. The number of thioether (sulfide) groups is 1. The molecule has 0 unspecified atom stereocenters. The number of rotatable bonds is 5. The third-order valence-electron chi connectivity index (χ3n) is 2.64. The Hall–Kier alpha value is -1.25. The molecule has 0 aliphatic carbocycles. The van der Waals surface area contributed by atoms with E-state index in [9.17, 15) is 0 Å². The molecule has 2 aromatic rings. The maximum absolute atomic E-state index is 5.57. The minimum Gasteiger partial charge on any atom is -0.326 e. The fraction of sp³-hybridized carbons (Fsp3) is 0.200. The first-order chi connectivity index (χ1) is 8.38. The van der Waals surface area contributed by atoms with Crippen LogP contribution >= 0.6 is 11.8 Å². The Labute approximate surface area is 107 Å². The van der Waals surface area contributed by atoms with E-state index in [2.05, 4.69) is 54.6 Å². The molecule has 0 aliphatic rings. The van der Waals surface area contributed by atoms with E-state index in [1.165, 1.54) is 16.7 Å². The third kappa shape index (κ3) is 3.91. The molecule has 0 spiro atoms. The largest absolute Gasteiger partial charge is 0.326 e. The van der Waals surface area contributed by atoms with E-state index in [0.717, 1.165) is 11.5 Å². The van der Waals surface area contributed by atoms with Crippen molar-refractivity contribution in [3.8, 4) is 0 Å². The van der Waals surface area contributed by atoms with Crippen LogP contribution in [0, 0.1) is 0 Å². The molecule has 0 amide bonds. The second-order valence-corrected chi connectivity index (χ2v) is 4.98. The summed E-state index contributed by atoms with van der Waals surface area (Å²) in [6.45, 7) is 0.622. The van der Waals surface area contributed by atoms with E-state index < -0.39 is 0 Å². The first kappa shape index (κ1) is 12.2. The SMILES string of the molecule is NCc1ccc(CSCc2ccccc2)cc1. The summed E-state index contributed by atoms with van der Waals surface area (Å²) in [7, 11) is 0. The number of hydrogen-bond acceptors (Lipinski definition) is 2. The minimum absolute atomic E-state index is 0.622. The van der Waals surface area contributed by atoms with E-state index in [0.29, 0.717) is 6.54 Å². The van der Waals surface area contributed by atoms with Crippen molar-refractivity contribution >= 4 is 11.8 Å². The van der Waals surface area contributed by atoms with Gasteiger partial charge in [0.25, 0.3) is 0 Å². The lowest BCUT2D eigenvalue weighted by molar-refractivity contribution is 1.07. The average Bonchev–Trinajstić information content (AvgIpc) is 2.41. The molecular weight excluding hydrogens is 226 g/mol. The van der Waals surface area contributed by atoms with Crippen molar-refractivity contribution in [1.29, 1.82) is 0 Å². The lowest BCUT2D eigenvalue weighted by atomic mass is 10.1. The normalized spacial score (nSPS) is 10.4. The van der Waals surface area contributed by atoms with Gasteiger partial charge in [0.2, 0.25) is 0 Å². The van der Waals surface area contributed by atoms with Gasteiger partial charge in [0.05, 0.1) is 0 Å². The Morgan fingerprint density at radius 1 is 0.706 bits per heavy atom. The number of benzene rings is 2. The highest BCUT2D eigenvalue weighted by Gasteiger charge is 1.96. The molecular formula is C15H17NS. The first-order valence-electron chi connectivity index (χ1n) is 5.78. The summed E-state index contributed by atoms with van der Waals surface area (Å²) in [6, 6.07) is 19.1. The van der Waals surface area contributed by atoms with Gasteiger partial charge in [-0.05, 0) is 16.7 Å². The molecule has 1 nitrogen and oxygen atoms in total. The maximum Gasteiger partial charge on any atom is 0.0187 e. The third-order valence-corrected chi connectivity index (χ3v) is 3.71. The summed E-state index contributed by atoms with van der Waals surface area (Å²) in [5, 5.41) is 0. The molecule has 0 aromatic heterocycles. The number of hydrogen-bond donors (Lipinski definition) is 1. The molecule has 88 valence electrons. The lowest BCUT2D eigenvalue weighted by Gasteiger charge is -2.03. The topological polar surface area (TPSA) is 26.0 Å². The van der Waals surface area contributed by atoms with Crippen LogP contribution in [0.2, 0.25) is 0 Å². The van der Waals surface area contributed by atoms with Gasteiger partial charge >= 0.3 is 0 Å². The Kier molecular flexibility index (Phi) is 4.65. The van der Waals surface area contributed by atoms with E-state index in [1.54, 1.807) is 0 Å². The minimum atomic E-state index is 0.622. The van der Waals surface area contributed by atoms with Crippen LogP contribution in [0.25, 0.3) is 0 Å². The van der Waals surface area contributed by atoms with Crippen molar-refractivity contribution in [2.45, 2.75) is 18.1 Å². The van der Waals surface area contributed by atoms with Crippen molar-refractivity contribution in [3.63, 3.8) is 0 Å². The van der Waals surface area contributed by atoms with Crippen LogP contribution < -0.4 is 5.73 Å². The molecule has 0 saturated carbocycles. The maximum atomic E-state index is 5.57. The molecule has 17 heavy (non-hydrogen) atoms. The van der Waals surface area contributed by atoms with E-state index in [1.807, 2.05) is 11.8 Å². The Morgan fingerprint density at radius 2 is 1.24 bits per heavy atom. The van der Waals surface area contributed by atoms with Crippen LogP contribution in [0.5, 0.6) is 0 Å². The molecule has 2 aromatic carbocycles.